The molecule has 1 aromatic carbocycles. The second-order valence-electron chi connectivity index (χ2n) is 3.94. The van der Waals surface area contributed by atoms with E-state index in [1.54, 1.807) is 0 Å². The van der Waals surface area contributed by atoms with Crippen molar-refractivity contribution in [3.8, 4) is 11.5 Å². The molecule has 0 saturated carbocycles. The third-order valence-electron chi connectivity index (χ3n) is 2.55. The molecule has 1 atom stereocenters. The molecule has 0 unspecified atom stereocenters. The fourth-order valence-electron chi connectivity index (χ4n) is 1.79. The Hall–Kier alpha value is -1.23. The zero-order chi connectivity index (χ0) is 12.4. The molecule has 0 aliphatic carbocycles. The quantitative estimate of drug-likeness (QED) is 0.912. The summed E-state index contributed by atoms with van der Waals surface area (Å²) in [6.45, 7) is 4.56. The smallest absolute Gasteiger partial charge is 0.217 e. The molecule has 5 heteroatoms. The summed E-state index contributed by atoms with van der Waals surface area (Å²) in [5.74, 6) is 1.41. The summed E-state index contributed by atoms with van der Waals surface area (Å²) in [6.07, 6.45) is 0. The van der Waals surface area contributed by atoms with Crippen LogP contribution in [0, 0.1) is 0 Å². The number of carbonyl (C=O) groups is 1. The van der Waals surface area contributed by atoms with Crippen molar-refractivity contribution < 1.29 is 14.3 Å². The molecule has 17 heavy (non-hydrogen) atoms. The molecule has 1 amide bonds. The number of hydrogen-bond acceptors (Lipinski definition) is 3. The van der Waals surface area contributed by atoms with Crippen molar-refractivity contribution in [1.29, 1.82) is 0 Å². The van der Waals surface area contributed by atoms with Crippen molar-refractivity contribution >= 4 is 21.8 Å². The van der Waals surface area contributed by atoms with Crippen LogP contribution < -0.4 is 14.8 Å². The predicted molar refractivity (Wildman–Crippen MR) is 67.4 cm³/mol. The molecular weight excluding hydrogens is 286 g/mol. The van der Waals surface area contributed by atoms with Gasteiger partial charge >= 0.3 is 0 Å². The fourth-order valence-corrected chi connectivity index (χ4v) is 2.46. The van der Waals surface area contributed by atoms with Crippen LogP contribution >= 0.6 is 15.9 Å². The molecule has 1 aliphatic heterocycles. The lowest BCUT2D eigenvalue weighted by Gasteiger charge is -2.22. The highest BCUT2D eigenvalue weighted by Crippen LogP contribution is 2.37. The van der Waals surface area contributed by atoms with Gasteiger partial charge in [0.2, 0.25) is 5.91 Å². The van der Waals surface area contributed by atoms with Gasteiger partial charge in [0.1, 0.15) is 13.2 Å². The van der Waals surface area contributed by atoms with E-state index in [0.717, 1.165) is 21.5 Å². The minimum atomic E-state index is -0.0716. The zero-order valence-electron chi connectivity index (χ0n) is 9.75. The molecule has 1 N–H and O–H groups in total. The van der Waals surface area contributed by atoms with Gasteiger partial charge in [0, 0.05) is 11.4 Å². The Morgan fingerprint density at radius 3 is 2.53 bits per heavy atom. The molecule has 0 aromatic heterocycles. The summed E-state index contributed by atoms with van der Waals surface area (Å²) in [5, 5.41) is 2.84. The first-order valence-electron chi connectivity index (χ1n) is 5.44. The minimum Gasteiger partial charge on any atom is -0.486 e. The van der Waals surface area contributed by atoms with Crippen LogP contribution in [-0.4, -0.2) is 19.1 Å². The number of carbonyl (C=O) groups excluding carboxylic acids is 1. The lowest BCUT2D eigenvalue weighted by Crippen LogP contribution is -2.24. The lowest BCUT2D eigenvalue weighted by molar-refractivity contribution is -0.119. The molecule has 1 aromatic rings. The molecule has 0 saturated heterocycles. The highest BCUT2D eigenvalue weighted by Gasteiger charge is 2.18. The van der Waals surface area contributed by atoms with Gasteiger partial charge in [0.25, 0.3) is 0 Å². The van der Waals surface area contributed by atoms with Crippen LogP contribution in [0.5, 0.6) is 11.5 Å². The number of rotatable bonds is 2. The van der Waals surface area contributed by atoms with Crippen LogP contribution in [0.25, 0.3) is 0 Å². The fraction of sp³-hybridized carbons (Fsp3) is 0.417. The van der Waals surface area contributed by atoms with Crippen LogP contribution in [0.1, 0.15) is 25.5 Å². The van der Waals surface area contributed by atoms with Gasteiger partial charge in [0.15, 0.2) is 11.5 Å². The van der Waals surface area contributed by atoms with Gasteiger partial charge in [-0.1, -0.05) is 15.9 Å². The van der Waals surface area contributed by atoms with E-state index >= 15 is 0 Å². The van der Waals surface area contributed by atoms with E-state index in [1.807, 2.05) is 19.1 Å². The van der Waals surface area contributed by atoms with Gasteiger partial charge in [-0.3, -0.25) is 4.79 Å². The van der Waals surface area contributed by atoms with E-state index in [4.69, 9.17) is 9.47 Å². The summed E-state index contributed by atoms with van der Waals surface area (Å²) in [4.78, 5) is 11.0. The molecule has 0 spiro atoms. The first-order valence-corrected chi connectivity index (χ1v) is 6.23. The van der Waals surface area contributed by atoms with Gasteiger partial charge in [-0.25, -0.2) is 0 Å². The monoisotopic (exact) mass is 299 g/mol. The van der Waals surface area contributed by atoms with Crippen molar-refractivity contribution in [3.05, 3.63) is 22.2 Å². The Bertz CT molecular complexity index is 448. The summed E-state index contributed by atoms with van der Waals surface area (Å²) in [6, 6.07) is 3.71. The van der Waals surface area contributed by atoms with Gasteiger partial charge in [-0.05, 0) is 24.6 Å². The number of benzene rings is 1. The molecule has 4 nitrogen and oxygen atoms in total. The van der Waals surface area contributed by atoms with Crippen molar-refractivity contribution in [2.45, 2.75) is 19.9 Å². The predicted octanol–water partition coefficient (Wildman–Crippen LogP) is 2.42. The third kappa shape index (κ3) is 2.72. The number of halogens is 1. The van der Waals surface area contributed by atoms with Crippen molar-refractivity contribution in [1.82, 2.24) is 5.32 Å². The third-order valence-corrected chi connectivity index (χ3v) is 3.23. The molecular formula is C12H14BrNO3. The van der Waals surface area contributed by atoms with Gasteiger partial charge in [-0.15, -0.1) is 0 Å². The van der Waals surface area contributed by atoms with Crippen LogP contribution in [0.4, 0.5) is 0 Å². The van der Waals surface area contributed by atoms with E-state index in [0.29, 0.717) is 13.2 Å². The SMILES string of the molecule is CC(=O)N[C@H](C)c1cc2c(cc1Br)OCCO2. The first-order chi connectivity index (χ1) is 8.08. The average Bonchev–Trinajstić information content (AvgIpc) is 2.27. The highest BCUT2D eigenvalue weighted by atomic mass is 79.9. The number of amides is 1. The van der Waals surface area contributed by atoms with Gasteiger partial charge in [-0.2, -0.15) is 0 Å². The largest absolute Gasteiger partial charge is 0.486 e. The topological polar surface area (TPSA) is 47.6 Å². The molecule has 2 rings (SSSR count). The number of fused-ring (bicyclic) bond motifs is 1. The molecule has 1 heterocycles. The maximum Gasteiger partial charge on any atom is 0.217 e. The maximum absolute atomic E-state index is 11.0. The summed E-state index contributed by atoms with van der Waals surface area (Å²) < 4.78 is 11.9. The van der Waals surface area contributed by atoms with Gasteiger partial charge in [0.05, 0.1) is 6.04 Å². The summed E-state index contributed by atoms with van der Waals surface area (Å²) in [7, 11) is 0. The summed E-state index contributed by atoms with van der Waals surface area (Å²) >= 11 is 3.48. The molecule has 0 bridgehead atoms. The number of hydrogen-bond donors (Lipinski definition) is 1. The Balaban J connectivity index is 2.31. The van der Waals surface area contributed by atoms with Crippen molar-refractivity contribution in [2.24, 2.45) is 0 Å². The van der Waals surface area contributed by atoms with Crippen LogP contribution in [0.3, 0.4) is 0 Å². The van der Waals surface area contributed by atoms with E-state index in [-0.39, 0.29) is 11.9 Å². The number of nitrogens with one attached hydrogen (secondary N) is 1. The Morgan fingerprint density at radius 2 is 1.94 bits per heavy atom. The lowest BCUT2D eigenvalue weighted by atomic mass is 10.1. The Kier molecular flexibility index (Phi) is 3.57. The normalized spacial score (nSPS) is 15.2. The highest BCUT2D eigenvalue weighted by molar-refractivity contribution is 9.10. The maximum atomic E-state index is 11.0. The minimum absolute atomic E-state index is 0.0562. The van der Waals surface area contributed by atoms with Crippen molar-refractivity contribution in [3.63, 3.8) is 0 Å². The van der Waals surface area contributed by atoms with Crippen molar-refractivity contribution in [2.75, 3.05) is 13.2 Å². The van der Waals surface area contributed by atoms with Gasteiger partial charge < -0.3 is 14.8 Å². The van der Waals surface area contributed by atoms with E-state index in [9.17, 15) is 4.79 Å². The Morgan fingerprint density at radius 1 is 1.35 bits per heavy atom. The van der Waals surface area contributed by atoms with E-state index < -0.39 is 0 Å². The van der Waals surface area contributed by atoms with E-state index in [1.165, 1.54) is 6.92 Å². The average molecular weight is 300 g/mol. The number of ether oxygens (including phenoxy) is 2. The standard InChI is InChI=1S/C12H14BrNO3/c1-7(14-8(2)15)9-5-11-12(6-10(9)13)17-4-3-16-11/h5-7H,3-4H2,1-2H3,(H,14,15)/t7-/m1/s1. The zero-order valence-corrected chi connectivity index (χ0v) is 11.3. The van der Waals surface area contributed by atoms with Crippen LogP contribution in [-0.2, 0) is 4.79 Å². The molecule has 0 fully saturated rings. The first kappa shape index (κ1) is 12.2. The molecule has 0 radical (unpaired) electrons. The molecule has 92 valence electrons. The Labute approximate surface area is 108 Å². The van der Waals surface area contributed by atoms with Crippen LogP contribution in [0.15, 0.2) is 16.6 Å². The second-order valence-corrected chi connectivity index (χ2v) is 4.79. The van der Waals surface area contributed by atoms with Crippen LogP contribution in [0.2, 0.25) is 0 Å². The summed E-state index contributed by atoms with van der Waals surface area (Å²) in [5.41, 5.74) is 0.976. The van der Waals surface area contributed by atoms with E-state index in [2.05, 4.69) is 21.2 Å². The molecule has 1 aliphatic rings. The second kappa shape index (κ2) is 4.96.